The summed E-state index contributed by atoms with van der Waals surface area (Å²) < 4.78 is 0. The van der Waals surface area contributed by atoms with E-state index in [0.29, 0.717) is 16.6 Å². The third kappa shape index (κ3) is 4.31. The molecule has 0 unspecified atom stereocenters. The van der Waals surface area contributed by atoms with Gasteiger partial charge >= 0.3 is 0 Å². The van der Waals surface area contributed by atoms with E-state index in [9.17, 15) is 4.79 Å². The van der Waals surface area contributed by atoms with E-state index in [-0.39, 0.29) is 11.1 Å². The third-order valence-electron chi connectivity index (χ3n) is 3.86. The number of pyridine rings is 1. The normalized spacial score (nSPS) is 15.7. The molecule has 1 amide bonds. The van der Waals surface area contributed by atoms with Crippen LogP contribution in [-0.4, -0.2) is 53.9 Å². The van der Waals surface area contributed by atoms with Gasteiger partial charge < -0.3 is 9.80 Å². The molecule has 1 fully saturated rings. The Hall–Kier alpha value is -0.840. The second kappa shape index (κ2) is 7.43. The van der Waals surface area contributed by atoms with Crippen molar-refractivity contribution in [2.75, 3.05) is 27.2 Å². The molecule has 1 aliphatic carbocycles. The zero-order chi connectivity index (χ0) is 15.4. The third-order valence-corrected chi connectivity index (χ3v) is 4.54. The maximum absolute atomic E-state index is 12.8. The minimum Gasteiger partial charge on any atom is -0.334 e. The number of amides is 1. The van der Waals surface area contributed by atoms with E-state index in [0.717, 1.165) is 25.9 Å². The molecule has 21 heavy (non-hydrogen) atoms. The highest BCUT2D eigenvalue weighted by Gasteiger charge is 2.27. The zero-order valence-electron chi connectivity index (χ0n) is 12.5. The molecule has 0 atom stereocenters. The quantitative estimate of drug-likeness (QED) is 0.777. The first-order chi connectivity index (χ1) is 9.99. The molecule has 0 radical (unpaired) electrons. The Balaban J connectivity index is 2.17. The second-order valence-electron chi connectivity index (χ2n) is 5.74. The fourth-order valence-electron chi connectivity index (χ4n) is 2.68. The summed E-state index contributed by atoms with van der Waals surface area (Å²) in [6.07, 6.45) is 6.04. The van der Waals surface area contributed by atoms with Crippen molar-refractivity contribution < 1.29 is 4.79 Å². The SMILES string of the molecule is CN(C)CCN(C(=O)c1cnc(Cl)c(Cl)c1)C1CCCC1. The van der Waals surface area contributed by atoms with Crippen LogP contribution in [0.2, 0.25) is 10.2 Å². The van der Waals surface area contributed by atoms with Crippen molar-refractivity contribution >= 4 is 29.1 Å². The summed E-state index contributed by atoms with van der Waals surface area (Å²) in [6.45, 7) is 1.56. The Labute approximate surface area is 136 Å². The van der Waals surface area contributed by atoms with Crippen molar-refractivity contribution in [3.63, 3.8) is 0 Å². The summed E-state index contributed by atoms with van der Waals surface area (Å²) in [5.41, 5.74) is 0.509. The first-order valence-electron chi connectivity index (χ1n) is 7.26. The highest BCUT2D eigenvalue weighted by molar-refractivity contribution is 6.41. The molecule has 0 bridgehead atoms. The average molecular weight is 330 g/mol. The molecule has 0 N–H and O–H groups in total. The van der Waals surface area contributed by atoms with Crippen LogP contribution < -0.4 is 0 Å². The number of carbonyl (C=O) groups excluding carboxylic acids is 1. The van der Waals surface area contributed by atoms with Crippen molar-refractivity contribution in [1.29, 1.82) is 0 Å². The molecule has 2 rings (SSSR count). The topological polar surface area (TPSA) is 36.4 Å². The van der Waals surface area contributed by atoms with Crippen molar-refractivity contribution in [1.82, 2.24) is 14.8 Å². The molecule has 1 saturated carbocycles. The number of hydrogen-bond donors (Lipinski definition) is 0. The second-order valence-corrected chi connectivity index (χ2v) is 6.50. The molecule has 1 aromatic heterocycles. The van der Waals surface area contributed by atoms with Crippen LogP contribution in [0.5, 0.6) is 0 Å². The maximum atomic E-state index is 12.8. The summed E-state index contributed by atoms with van der Waals surface area (Å²) in [5, 5.41) is 0.551. The van der Waals surface area contributed by atoms with Gasteiger partial charge in [0.05, 0.1) is 10.6 Å². The number of likely N-dealkylation sites (N-methyl/N-ethyl adjacent to an activating group) is 1. The number of halogens is 2. The van der Waals surface area contributed by atoms with Gasteiger partial charge in [-0.15, -0.1) is 0 Å². The van der Waals surface area contributed by atoms with Crippen molar-refractivity contribution in [2.45, 2.75) is 31.7 Å². The van der Waals surface area contributed by atoms with Gasteiger partial charge in [0.1, 0.15) is 5.15 Å². The molecule has 116 valence electrons. The van der Waals surface area contributed by atoms with Crippen LogP contribution in [0.4, 0.5) is 0 Å². The van der Waals surface area contributed by atoms with Crippen LogP contribution >= 0.6 is 23.2 Å². The summed E-state index contributed by atoms with van der Waals surface area (Å²) in [7, 11) is 4.02. The molecule has 0 spiro atoms. The lowest BCUT2D eigenvalue weighted by Gasteiger charge is -2.30. The predicted molar refractivity (Wildman–Crippen MR) is 86.1 cm³/mol. The van der Waals surface area contributed by atoms with E-state index in [1.807, 2.05) is 19.0 Å². The number of rotatable bonds is 5. The molecule has 1 heterocycles. The molecular formula is C15H21Cl2N3O. The fraction of sp³-hybridized carbons (Fsp3) is 0.600. The summed E-state index contributed by atoms with van der Waals surface area (Å²) in [5.74, 6) is -0.00480. The van der Waals surface area contributed by atoms with Crippen molar-refractivity contribution in [2.24, 2.45) is 0 Å². The van der Waals surface area contributed by atoms with Gasteiger partial charge in [0.15, 0.2) is 0 Å². The van der Waals surface area contributed by atoms with Crippen molar-refractivity contribution in [3.05, 3.63) is 28.0 Å². The smallest absolute Gasteiger partial charge is 0.255 e. The van der Waals surface area contributed by atoms with Crippen LogP contribution in [0.1, 0.15) is 36.0 Å². The minimum absolute atomic E-state index is 0.00480. The average Bonchev–Trinajstić information content (AvgIpc) is 2.95. The maximum Gasteiger partial charge on any atom is 0.255 e. The van der Waals surface area contributed by atoms with E-state index in [1.165, 1.54) is 19.0 Å². The van der Waals surface area contributed by atoms with E-state index < -0.39 is 0 Å². The highest BCUT2D eigenvalue weighted by Crippen LogP contribution is 2.26. The molecule has 4 nitrogen and oxygen atoms in total. The lowest BCUT2D eigenvalue weighted by molar-refractivity contribution is 0.0667. The van der Waals surface area contributed by atoms with Gasteiger partial charge in [-0.25, -0.2) is 4.98 Å². The van der Waals surface area contributed by atoms with Crippen LogP contribution in [0.25, 0.3) is 0 Å². The van der Waals surface area contributed by atoms with Gasteiger partial charge in [-0.1, -0.05) is 36.0 Å². The summed E-state index contributed by atoms with van der Waals surface area (Å²) in [4.78, 5) is 20.8. The number of carbonyl (C=O) groups is 1. The van der Waals surface area contributed by atoms with Gasteiger partial charge in [0, 0.05) is 25.3 Å². The standard InChI is InChI=1S/C15H21Cl2N3O/c1-19(2)7-8-20(12-5-3-4-6-12)15(21)11-9-13(16)14(17)18-10-11/h9-10,12H,3-8H2,1-2H3. The number of hydrogen-bond acceptors (Lipinski definition) is 3. The van der Waals surface area contributed by atoms with Crippen LogP contribution in [0.15, 0.2) is 12.3 Å². The largest absolute Gasteiger partial charge is 0.334 e. The van der Waals surface area contributed by atoms with E-state index in [4.69, 9.17) is 23.2 Å². The lowest BCUT2D eigenvalue weighted by atomic mass is 10.1. The fourth-order valence-corrected chi connectivity index (χ4v) is 2.95. The van der Waals surface area contributed by atoms with Gasteiger partial charge in [-0.3, -0.25) is 4.79 Å². The molecule has 1 aromatic rings. The van der Waals surface area contributed by atoms with Crippen LogP contribution in [-0.2, 0) is 0 Å². The minimum atomic E-state index is -0.00480. The highest BCUT2D eigenvalue weighted by atomic mass is 35.5. The lowest BCUT2D eigenvalue weighted by Crippen LogP contribution is -2.42. The van der Waals surface area contributed by atoms with E-state index in [2.05, 4.69) is 9.88 Å². The first-order valence-corrected chi connectivity index (χ1v) is 8.01. The van der Waals surface area contributed by atoms with E-state index in [1.54, 1.807) is 6.07 Å². The Morgan fingerprint density at radius 1 is 1.29 bits per heavy atom. The number of nitrogens with zero attached hydrogens (tertiary/aromatic N) is 3. The Kier molecular flexibility index (Phi) is 5.85. The molecule has 0 aromatic carbocycles. The molecule has 0 saturated heterocycles. The molecule has 6 heteroatoms. The van der Waals surface area contributed by atoms with Gasteiger partial charge in [0.25, 0.3) is 5.91 Å². The van der Waals surface area contributed by atoms with Crippen LogP contribution in [0.3, 0.4) is 0 Å². The Bertz CT molecular complexity index is 502. The zero-order valence-corrected chi connectivity index (χ0v) is 14.0. The molecule has 1 aliphatic rings. The van der Waals surface area contributed by atoms with Gasteiger partial charge in [0.2, 0.25) is 0 Å². The van der Waals surface area contributed by atoms with Gasteiger partial charge in [-0.05, 0) is 33.0 Å². The Morgan fingerprint density at radius 3 is 2.52 bits per heavy atom. The molecule has 0 aliphatic heterocycles. The van der Waals surface area contributed by atoms with E-state index >= 15 is 0 Å². The molecular weight excluding hydrogens is 309 g/mol. The first kappa shape index (κ1) is 16.5. The van der Waals surface area contributed by atoms with Gasteiger partial charge in [-0.2, -0.15) is 0 Å². The van der Waals surface area contributed by atoms with Crippen LogP contribution in [0, 0.1) is 0 Å². The van der Waals surface area contributed by atoms with Crippen molar-refractivity contribution in [3.8, 4) is 0 Å². The predicted octanol–water partition coefficient (Wildman–Crippen LogP) is 3.33. The Morgan fingerprint density at radius 2 is 1.95 bits per heavy atom. The number of aromatic nitrogens is 1. The summed E-state index contributed by atoms with van der Waals surface area (Å²) >= 11 is 11.8. The monoisotopic (exact) mass is 329 g/mol. The summed E-state index contributed by atoms with van der Waals surface area (Å²) in [6, 6.07) is 1.93.